The highest BCUT2D eigenvalue weighted by Crippen LogP contribution is 2.37. The number of nitrogens with one attached hydrogen (secondary N) is 1. The number of sulfonamides is 1. The number of carbonyl (C=O) groups excluding carboxylic acids is 1. The summed E-state index contributed by atoms with van der Waals surface area (Å²) in [5, 5.41) is -0.117. The van der Waals surface area contributed by atoms with E-state index in [1.807, 2.05) is 4.72 Å². The van der Waals surface area contributed by atoms with E-state index >= 15 is 0 Å². The van der Waals surface area contributed by atoms with Crippen LogP contribution in [-0.2, 0) is 24.1 Å². The van der Waals surface area contributed by atoms with Gasteiger partial charge in [-0.05, 0) is 29.8 Å². The number of nitrogen functional groups attached to an aromatic ring is 1. The van der Waals surface area contributed by atoms with Crippen molar-refractivity contribution < 1.29 is 22.7 Å². The van der Waals surface area contributed by atoms with Gasteiger partial charge < -0.3 is 15.2 Å². The number of anilines is 1. The van der Waals surface area contributed by atoms with Crippen LogP contribution in [0.1, 0.15) is 10.4 Å². The average molecular weight is 526 g/mol. The number of carbonyl (C=O) groups is 1. The second-order valence-electron chi connectivity index (χ2n) is 7.97. The molecule has 0 aliphatic rings. The summed E-state index contributed by atoms with van der Waals surface area (Å²) in [4.78, 5) is 43.4. The van der Waals surface area contributed by atoms with Gasteiger partial charge in [-0.1, -0.05) is 24.3 Å². The molecule has 0 spiro atoms. The zero-order valence-electron chi connectivity index (χ0n) is 20.3. The topological polar surface area (TPSA) is 165 Å². The Morgan fingerprint density at radius 2 is 1.62 bits per heavy atom. The number of nitrogens with zero attached hydrogens (tertiary/aromatic N) is 3. The zero-order chi connectivity index (χ0) is 27.1. The highest BCUT2D eigenvalue weighted by molar-refractivity contribution is 7.90. The van der Waals surface area contributed by atoms with Crippen LogP contribution in [0.2, 0.25) is 0 Å². The predicted octanol–water partition coefficient (Wildman–Crippen LogP) is 1.02. The standard InChI is InChI=1S/C24H23N5O7S/c1-28-21-19(23(31)29(2)24(28)32)17(13-10-11-15(35-3)16(12-13)36-4)18(20(25)26-21)22(30)27-37(33,34)14-8-6-5-7-9-14/h5-12H,1-4H3,(H2,25,26)(H,27,30). The van der Waals surface area contributed by atoms with E-state index in [1.54, 1.807) is 18.2 Å². The first-order chi connectivity index (χ1) is 17.5. The minimum atomic E-state index is -4.30. The van der Waals surface area contributed by atoms with E-state index in [9.17, 15) is 22.8 Å². The molecule has 0 radical (unpaired) electrons. The van der Waals surface area contributed by atoms with Crippen LogP contribution >= 0.6 is 0 Å². The van der Waals surface area contributed by atoms with Gasteiger partial charge in [-0.3, -0.25) is 18.7 Å². The van der Waals surface area contributed by atoms with Gasteiger partial charge in [-0.15, -0.1) is 0 Å². The van der Waals surface area contributed by atoms with Crippen LogP contribution in [-0.4, -0.2) is 42.7 Å². The Labute approximate surface area is 210 Å². The van der Waals surface area contributed by atoms with Crippen LogP contribution in [0.4, 0.5) is 5.82 Å². The molecule has 0 unspecified atom stereocenters. The van der Waals surface area contributed by atoms with Crippen molar-refractivity contribution in [3.8, 4) is 22.6 Å². The average Bonchev–Trinajstić information content (AvgIpc) is 2.89. The van der Waals surface area contributed by atoms with E-state index < -0.39 is 27.2 Å². The molecule has 192 valence electrons. The number of amides is 1. The number of hydrogen-bond acceptors (Lipinski definition) is 9. The molecule has 4 aromatic rings. The van der Waals surface area contributed by atoms with Gasteiger partial charge >= 0.3 is 5.69 Å². The number of aromatic nitrogens is 3. The molecule has 0 bridgehead atoms. The lowest BCUT2D eigenvalue weighted by Gasteiger charge is -2.18. The quantitative estimate of drug-likeness (QED) is 0.374. The molecule has 2 aromatic carbocycles. The molecule has 2 aromatic heterocycles. The van der Waals surface area contributed by atoms with E-state index in [2.05, 4.69) is 4.98 Å². The van der Waals surface area contributed by atoms with Gasteiger partial charge in [0.2, 0.25) is 0 Å². The summed E-state index contributed by atoms with van der Waals surface area (Å²) in [7, 11) is 1.22. The summed E-state index contributed by atoms with van der Waals surface area (Å²) in [6, 6.07) is 11.9. The van der Waals surface area contributed by atoms with E-state index in [4.69, 9.17) is 15.2 Å². The molecular formula is C24H23N5O7S. The first-order valence-electron chi connectivity index (χ1n) is 10.8. The van der Waals surface area contributed by atoms with Crippen LogP contribution in [0.15, 0.2) is 63.0 Å². The van der Waals surface area contributed by atoms with Crippen molar-refractivity contribution in [1.82, 2.24) is 18.8 Å². The SMILES string of the molecule is COc1ccc(-c2c(C(=O)NS(=O)(=O)c3ccccc3)c(N)nc3c2c(=O)n(C)c(=O)n3C)cc1OC. The van der Waals surface area contributed by atoms with Crippen LogP contribution in [0.25, 0.3) is 22.2 Å². The first kappa shape index (κ1) is 25.4. The highest BCUT2D eigenvalue weighted by Gasteiger charge is 2.28. The second kappa shape index (κ2) is 9.43. The van der Waals surface area contributed by atoms with Crippen molar-refractivity contribution >= 4 is 32.8 Å². The van der Waals surface area contributed by atoms with Gasteiger partial charge in [-0.2, -0.15) is 0 Å². The number of aryl methyl sites for hydroxylation is 1. The summed E-state index contributed by atoms with van der Waals surface area (Å²) >= 11 is 0. The molecule has 12 nitrogen and oxygen atoms in total. The van der Waals surface area contributed by atoms with Gasteiger partial charge in [0, 0.05) is 19.7 Å². The largest absolute Gasteiger partial charge is 0.493 e. The Bertz CT molecular complexity index is 1780. The lowest BCUT2D eigenvalue weighted by Crippen LogP contribution is -2.38. The van der Waals surface area contributed by atoms with Crippen LogP contribution < -0.4 is 31.2 Å². The van der Waals surface area contributed by atoms with Crippen LogP contribution in [0.5, 0.6) is 11.5 Å². The lowest BCUT2D eigenvalue weighted by molar-refractivity contribution is 0.0982. The van der Waals surface area contributed by atoms with Crippen molar-refractivity contribution in [3.05, 3.63) is 74.9 Å². The Balaban J connectivity index is 2.09. The smallest absolute Gasteiger partial charge is 0.332 e. The van der Waals surface area contributed by atoms with Gasteiger partial charge in [0.25, 0.3) is 21.5 Å². The van der Waals surface area contributed by atoms with E-state index in [-0.39, 0.29) is 44.2 Å². The fourth-order valence-corrected chi connectivity index (χ4v) is 4.93. The maximum absolute atomic E-state index is 13.5. The molecule has 0 atom stereocenters. The normalized spacial score (nSPS) is 11.4. The number of nitrogens with two attached hydrogens (primary N) is 1. The molecule has 2 heterocycles. The first-order valence-corrected chi connectivity index (χ1v) is 12.2. The fourth-order valence-electron chi connectivity index (χ4n) is 3.95. The Kier molecular flexibility index (Phi) is 6.48. The monoisotopic (exact) mass is 525 g/mol. The van der Waals surface area contributed by atoms with Gasteiger partial charge in [0.1, 0.15) is 5.82 Å². The van der Waals surface area contributed by atoms with Crippen LogP contribution in [0.3, 0.4) is 0 Å². The Hall–Kier alpha value is -4.65. The van der Waals surface area contributed by atoms with E-state index in [0.717, 1.165) is 9.13 Å². The number of hydrogen-bond donors (Lipinski definition) is 2. The molecule has 0 saturated carbocycles. The number of methoxy groups -OCH3 is 2. The van der Waals surface area contributed by atoms with E-state index in [0.29, 0.717) is 5.75 Å². The molecule has 3 N–H and O–H groups in total. The second-order valence-corrected chi connectivity index (χ2v) is 9.65. The number of pyridine rings is 1. The third-order valence-corrected chi connectivity index (χ3v) is 7.14. The Morgan fingerprint density at radius 3 is 2.24 bits per heavy atom. The molecular weight excluding hydrogens is 502 g/mol. The van der Waals surface area contributed by atoms with Crippen molar-refractivity contribution in [3.63, 3.8) is 0 Å². The summed E-state index contributed by atoms with van der Waals surface area (Å²) in [6.45, 7) is 0. The predicted molar refractivity (Wildman–Crippen MR) is 136 cm³/mol. The molecule has 37 heavy (non-hydrogen) atoms. The number of fused-ring (bicyclic) bond motifs is 1. The fraction of sp³-hybridized carbons (Fsp3) is 0.167. The van der Waals surface area contributed by atoms with Crippen molar-refractivity contribution in [1.29, 1.82) is 0 Å². The highest BCUT2D eigenvalue weighted by atomic mass is 32.2. The lowest BCUT2D eigenvalue weighted by atomic mass is 9.96. The maximum atomic E-state index is 13.5. The number of rotatable bonds is 6. The Morgan fingerprint density at radius 1 is 0.973 bits per heavy atom. The third-order valence-electron chi connectivity index (χ3n) is 5.80. The summed E-state index contributed by atoms with van der Waals surface area (Å²) in [6.07, 6.45) is 0. The molecule has 0 fully saturated rings. The van der Waals surface area contributed by atoms with Gasteiger partial charge in [0.15, 0.2) is 17.1 Å². The van der Waals surface area contributed by atoms with Crippen molar-refractivity contribution in [2.75, 3.05) is 20.0 Å². The summed E-state index contributed by atoms with van der Waals surface area (Å²) < 4.78 is 40.4. The molecule has 13 heteroatoms. The summed E-state index contributed by atoms with van der Waals surface area (Å²) in [5.74, 6) is -0.860. The molecule has 0 aliphatic heterocycles. The van der Waals surface area contributed by atoms with Gasteiger partial charge in [0.05, 0.1) is 30.1 Å². The maximum Gasteiger partial charge on any atom is 0.332 e. The molecule has 1 amide bonds. The minimum Gasteiger partial charge on any atom is -0.493 e. The van der Waals surface area contributed by atoms with Crippen molar-refractivity contribution in [2.45, 2.75) is 4.90 Å². The molecule has 0 aliphatic carbocycles. The number of benzene rings is 2. The molecule has 4 rings (SSSR count). The minimum absolute atomic E-state index is 0.0274. The third kappa shape index (κ3) is 4.29. The molecule has 0 saturated heterocycles. The van der Waals surface area contributed by atoms with Crippen LogP contribution in [0, 0.1) is 0 Å². The zero-order valence-corrected chi connectivity index (χ0v) is 21.1. The van der Waals surface area contributed by atoms with Gasteiger partial charge in [-0.25, -0.2) is 22.9 Å². The summed E-state index contributed by atoms with van der Waals surface area (Å²) in [5.41, 5.74) is 4.55. The van der Waals surface area contributed by atoms with Crippen molar-refractivity contribution in [2.24, 2.45) is 14.1 Å². The number of ether oxygens (including phenoxy) is 2. The van der Waals surface area contributed by atoms with E-state index in [1.165, 1.54) is 58.6 Å².